The number of benzene rings is 2. The Morgan fingerprint density at radius 1 is 1.03 bits per heavy atom. The van der Waals surface area contributed by atoms with Crippen molar-refractivity contribution < 1.29 is 9.53 Å². The van der Waals surface area contributed by atoms with Gasteiger partial charge in [0, 0.05) is 18.0 Å². The molecule has 7 nitrogen and oxygen atoms in total. The smallest absolute Gasteiger partial charge is 0.289 e. The molecular weight excluding hydrogens is 378 g/mol. The molecule has 2 heterocycles. The average Bonchev–Trinajstić information content (AvgIpc) is 3.30. The number of hydrogen-bond donors (Lipinski definition) is 2. The Labute approximate surface area is 173 Å². The van der Waals surface area contributed by atoms with E-state index in [1.54, 1.807) is 36.8 Å². The van der Waals surface area contributed by atoms with Crippen LogP contribution in [0.1, 0.15) is 21.6 Å². The molecule has 0 aliphatic heterocycles. The molecule has 0 spiro atoms. The highest BCUT2D eigenvalue weighted by Gasteiger charge is 2.10. The predicted octanol–water partition coefficient (Wildman–Crippen LogP) is 3.81. The van der Waals surface area contributed by atoms with Gasteiger partial charge in [-0.05, 0) is 53.6 Å². The van der Waals surface area contributed by atoms with E-state index in [-0.39, 0.29) is 5.91 Å². The van der Waals surface area contributed by atoms with Gasteiger partial charge in [0.15, 0.2) is 0 Å². The molecule has 0 saturated carbocycles. The van der Waals surface area contributed by atoms with Gasteiger partial charge in [-0.1, -0.05) is 30.3 Å². The van der Waals surface area contributed by atoms with Crippen LogP contribution in [0, 0.1) is 0 Å². The first-order valence-electron chi connectivity index (χ1n) is 9.34. The van der Waals surface area contributed by atoms with Crippen LogP contribution in [0.25, 0.3) is 11.3 Å². The van der Waals surface area contributed by atoms with Crippen LogP contribution in [0.5, 0.6) is 5.75 Å². The summed E-state index contributed by atoms with van der Waals surface area (Å²) < 4.78 is 5.80. The van der Waals surface area contributed by atoms with Crippen LogP contribution in [-0.2, 0) is 6.61 Å². The average molecular weight is 397 g/mol. The highest BCUT2D eigenvalue weighted by molar-refractivity contribution is 5.94. The van der Waals surface area contributed by atoms with Crippen LogP contribution < -0.4 is 10.2 Å². The van der Waals surface area contributed by atoms with Gasteiger partial charge in [-0.15, -0.1) is 0 Å². The van der Waals surface area contributed by atoms with E-state index in [0.29, 0.717) is 18.0 Å². The van der Waals surface area contributed by atoms with Gasteiger partial charge in [0.2, 0.25) is 0 Å². The number of carbonyl (C=O) groups is 1. The third-order valence-corrected chi connectivity index (χ3v) is 4.31. The first kappa shape index (κ1) is 19.1. The molecule has 0 aliphatic rings. The Hall–Kier alpha value is -4.26. The second-order valence-electron chi connectivity index (χ2n) is 6.45. The topological polar surface area (TPSA) is 92.3 Å². The van der Waals surface area contributed by atoms with Crippen molar-refractivity contribution in [3.63, 3.8) is 0 Å². The molecule has 2 aromatic heterocycles. The molecule has 0 radical (unpaired) electrons. The van der Waals surface area contributed by atoms with E-state index in [9.17, 15) is 4.79 Å². The minimum atomic E-state index is -0.373. The van der Waals surface area contributed by atoms with E-state index in [0.717, 1.165) is 22.4 Å². The Morgan fingerprint density at radius 3 is 2.57 bits per heavy atom. The Morgan fingerprint density at radius 2 is 1.80 bits per heavy atom. The first-order chi connectivity index (χ1) is 14.8. The molecular formula is C23H19N5O2. The zero-order chi connectivity index (χ0) is 20.6. The van der Waals surface area contributed by atoms with Gasteiger partial charge in [0.25, 0.3) is 5.91 Å². The Bertz CT molecular complexity index is 1120. The van der Waals surface area contributed by atoms with Crippen molar-refractivity contribution in [2.24, 2.45) is 5.10 Å². The number of amides is 1. The monoisotopic (exact) mass is 397 g/mol. The number of carbonyl (C=O) groups excluding carboxylic acids is 1. The fraction of sp³-hybridized carbons (Fsp3) is 0.0435. The number of aromatic amines is 1. The molecule has 0 atom stereocenters. The van der Waals surface area contributed by atoms with Crippen LogP contribution in [0.2, 0.25) is 0 Å². The highest BCUT2D eigenvalue weighted by atomic mass is 16.5. The maximum absolute atomic E-state index is 12.2. The van der Waals surface area contributed by atoms with Crippen LogP contribution in [0.3, 0.4) is 0 Å². The lowest BCUT2D eigenvalue weighted by Gasteiger charge is -2.06. The fourth-order valence-corrected chi connectivity index (χ4v) is 2.72. The first-order valence-corrected chi connectivity index (χ1v) is 9.34. The van der Waals surface area contributed by atoms with Crippen molar-refractivity contribution in [3.05, 3.63) is 102 Å². The van der Waals surface area contributed by atoms with Crippen molar-refractivity contribution in [1.82, 2.24) is 20.6 Å². The molecule has 2 N–H and O–H groups in total. The lowest BCUT2D eigenvalue weighted by molar-refractivity contribution is 0.0950. The summed E-state index contributed by atoms with van der Waals surface area (Å²) in [6, 6.07) is 22.8. The van der Waals surface area contributed by atoms with Crippen LogP contribution in [0.15, 0.2) is 90.3 Å². The number of hydrazone groups is 1. The zero-order valence-electron chi connectivity index (χ0n) is 16.0. The number of rotatable bonds is 7. The SMILES string of the molecule is O=C(N/N=C\c1ccncc1)c1cc(-c2ccc(OCc3ccccc3)cc2)n[nH]1. The largest absolute Gasteiger partial charge is 0.489 e. The summed E-state index contributed by atoms with van der Waals surface area (Å²) in [5, 5.41) is 10.9. The number of pyridine rings is 1. The van der Waals surface area contributed by atoms with Gasteiger partial charge in [0.05, 0.1) is 11.9 Å². The lowest BCUT2D eigenvalue weighted by atomic mass is 10.1. The molecule has 0 bridgehead atoms. The predicted molar refractivity (Wildman–Crippen MR) is 114 cm³/mol. The maximum Gasteiger partial charge on any atom is 0.289 e. The van der Waals surface area contributed by atoms with E-state index in [2.05, 4.69) is 25.7 Å². The molecule has 0 aliphatic carbocycles. The minimum absolute atomic E-state index is 0.321. The van der Waals surface area contributed by atoms with Crippen molar-refractivity contribution in [1.29, 1.82) is 0 Å². The van der Waals surface area contributed by atoms with Crippen molar-refractivity contribution in [2.45, 2.75) is 6.61 Å². The number of H-pyrrole nitrogens is 1. The van der Waals surface area contributed by atoms with Crippen LogP contribution in [0.4, 0.5) is 0 Å². The molecule has 0 fully saturated rings. The molecule has 0 saturated heterocycles. The summed E-state index contributed by atoms with van der Waals surface area (Å²) in [5.41, 5.74) is 6.27. The Balaban J connectivity index is 1.35. The lowest BCUT2D eigenvalue weighted by Crippen LogP contribution is -2.17. The maximum atomic E-state index is 12.2. The van der Waals surface area contributed by atoms with Gasteiger partial charge in [-0.3, -0.25) is 14.9 Å². The van der Waals surface area contributed by atoms with Gasteiger partial charge >= 0.3 is 0 Å². The van der Waals surface area contributed by atoms with Crippen LogP contribution >= 0.6 is 0 Å². The molecule has 1 amide bonds. The van der Waals surface area contributed by atoms with Gasteiger partial charge in [-0.25, -0.2) is 5.43 Å². The molecule has 30 heavy (non-hydrogen) atoms. The number of hydrogen-bond acceptors (Lipinski definition) is 5. The van der Waals surface area contributed by atoms with Gasteiger partial charge in [0.1, 0.15) is 18.1 Å². The fourth-order valence-electron chi connectivity index (χ4n) is 2.72. The summed E-state index contributed by atoms with van der Waals surface area (Å²) in [6.07, 6.45) is 4.86. The summed E-state index contributed by atoms with van der Waals surface area (Å²) in [7, 11) is 0. The number of nitrogens with one attached hydrogen (secondary N) is 2. The third-order valence-electron chi connectivity index (χ3n) is 4.31. The molecule has 4 aromatic rings. The molecule has 0 unspecified atom stereocenters. The van der Waals surface area contributed by atoms with Crippen molar-refractivity contribution >= 4 is 12.1 Å². The highest BCUT2D eigenvalue weighted by Crippen LogP contribution is 2.22. The van der Waals surface area contributed by atoms with E-state index >= 15 is 0 Å². The number of nitrogens with zero attached hydrogens (tertiary/aromatic N) is 3. The third kappa shape index (κ3) is 4.96. The van der Waals surface area contributed by atoms with Crippen LogP contribution in [-0.4, -0.2) is 27.3 Å². The Kier molecular flexibility index (Phi) is 5.91. The molecule has 148 valence electrons. The summed E-state index contributed by atoms with van der Waals surface area (Å²) in [6.45, 7) is 0.507. The summed E-state index contributed by atoms with van der Waals surface area (Å²) >= 11 is 0. The quantitative estimate of drug-likeness (QED) is 0.366. The van der Waals surface area contributed by atoms with E-state index in [1.807, 2.05) is 54.6 Å². The second kappa shape index (κ2) is 9.29. The van der Waals surface area contributed by atoms with E-state index in [1.165, 1.54) is 0 Å². The van der Waals surface area contributed by atoms with E-state index < -0.39 is 0 Å². The zero-order valence-corrected chi connectivity index (χ0v) is 16.0. The summed E-state index contributed by atoms with van der Waals surface area (Å²) in [4.78, 5) is 16.2. The standard InChI is InChI=1S/C23H19N5O2/c29-23(28-25-15-17-10-12-24-13-11-17)22-14-21(26-27-22)19-6-8-20(9-7-19)30-16-18-4-2-1-3-5-18/h1-15H,16H2,(H,26,27)(H,28,29)/b25-15-. The number of aromatic nitrogens is 3. The van der Waals surface area contributed by atoms with E-state index in [4.69, 9.17) is 4.74 Å². The molecule has 4 rings (SSSR count). The van der Waals surface area contributed by atoms with Gasteiger partial charge < -0.3 is 4.74 Å². The normalized spacial score (nSPS) is 10.8. The summed E-state index contributed by atoms with van der Waals surface area (Å²) in [5.74, 6) is 0.392. The molecule has 7 heteroatoms. The minimum Gasteiger partial charge on any atom is -0.489 e. The molecule has 2 aromatic carbocycles. The van der Waals surface area contributed by atoms with Crippen molar-refractivity contribution in [2.75, 3.05) is 0 Å². The number of ether oxygens (including phenoxy) is 1. The second-order valence-corrected chi connectivity index (χ2v) is 6.45. The van der Waals surface area contributed by atoms with Crippen molar-refractivity contribution in [3.8, 4) is 17.0 Å². The van der Waals surface area contributed by atoms with Gasteiger partial charge in [-0.2, -0.15) is 10.2 Å².